The molecule has 1 unspecified atom stereocenters. The Balaban J connectivity index is 1.16. The zero-order valence-corrected chi connectivity index (χ0v) is 20.8. The molecule has 0 radical (unpaired) electrons. The number of carbonyl (C=O) groups excluding carboxylic acids is 2. The van der Waals surface area contributed by atoms with Crippen LogP contribution in [0.25, 0.3) is 11.4 Å². The van der Waals surface area contributed by atoms with E-state index in [1.165, 1.54) is 16.9 Å². The largest absolute Gasteiger partial charge is 0.337 e. The molecule has 2 saturated heterocycles. The van der Waals surface area contributed by atoms with E-state index in [-0.39, 0.29) is 18.0 Å². The number of nitrogens with one attached hydrogen (secondary N) is 1. The summed E-state index contributed by atoms with van der Waals surface area (Å²) in [4.78, 5) is 36.6. The Hall–Kier alpha value is -2.78. The van der Waals surface area contributed by atoms with Gasteiger partial charge in [-0.25, -0.2) is 9.69 Å². The molecule has 9 nitrogen and oxygen atoms in total. The van der Waals surface area contributed by atoms with Gasteiger partial charge in [-0.05, 0) is 26.7 Å². The molecule has 35 heavy (non-hydrogen) atoms. The van der Waals surface area contributed by atoms with Crippen LogP contribution in [0.2, 0.25) is 0 Å². The lowest BCUT2D eigenvalue weighted by Gasteiger charge is -2.38. The summed E-state index contributed by atoms with van der Waals surface area (Å²) in [5, 5.41) is 7.24. The number of imide groups is 1. The van der Waals surface area contributed by atoms with Gasteiger partial charge in [0, 0.05) is 31.7 Å². The first-order chi connectivity index (χ1) is 16.9. The van der Waals surface area contributed by atoms with Crippen molar-refractivity contribution in [2.75, 3.05) is 32.8 Å². The van der Waals surface area contributed by atoms with Crippen molar-refractivity contribution in [3.05, 3.63) is 35.7 Å². The van der Waals surface area contributed by atoms with Crippen molar-refractivity contribution in [2.45, 2.75) is 70.4 Å². The lowest BCUT2D eigenvalue weighted by molar-refractivity contribution is -0.133. The van der Waals surface area contributed by atoms with Gasteiger partial charge in [-0.2, -0.15) is 4.98 Å². The fourth-order valence-electron chi connectivity index (χ4n) is 5.53. The van der Waals surface area contributed by atoms with E-state index in [0.717, 1.165) is 70.3 Å². The summed E-state index contributed by atoms with van der Waals surface area (Å²) >= 11 is 0. The molecule has 1 saturated carbocycles. The van der Waals surface area contributed by atoms with Gasteiger partial charge in [-0.3, -0.25) is 14.6 Å². The first-order valence-corrected chi connectivity index (χ1v) is 13.0. The molecule has 1 aromatic heterocycles. The van der Waals surface area contributed by atoms with E-state index >= 15 is 0 Å². The van der Waals surface area contributed by atoms with Crippen molar-refractivity contribution in [1.82, 2.24) is 30.2 Å². The van der Waals surface area contributed by atoms with Crippen LogP contribution < -0.4 is 5.32 Å². The number of rotatable bonds is 5. The number of nitrogens with zero attached hydrogens (tertiary/aromatic N) is 5. The third kappa shape index (κ3) is 4.97. The van der Waals surface area contributed by atoms with Gasteiger partial charge in [-0.1, -0.05) is 67.1 Å². The number of benzene rings is 1. The van der Waals surface area contributed by atoms with Gasteiger partial charge in [0.05, 0.1) is 12.7 Å². The number of amides is 3. The van der Waals surface area contributed by atoms with Crippen LogP contribution in [-0.2, 0) is 4.79 Å². The summed E-state index contributed by atoms with van der Waals surface area (Å²) in [7, 11) is 0. The van der Waals surface area contributed by atoms with Crippen LogP contribution in [0.4, 0.5) is 4.79 Å². The van der Waals surface area contributed by atoms with Gasteiger partial charge in [-0.15, -0.1) is 0 Å². The maximum Gasteiger partial charge on any atom is 0.326 e. The number of hydrogen-bond acceptors (Lipinski definition) is 7. The molecule has 2 aromatic rings. The molecule has 1 N–H and O–H groups in total. The smallest absolute Gasteiger partial charge is 0.326 e. The molecule has 0 bridgehead atoms. The van der Waals surface area contributed by atoms with Crippen LogP contribution in [0.15, 0.2) is 28.8 Å². The maximum absolute atomic E-state index is 13.3. The highest BCUT2D eigenvalue weighted by atomic mass is 16.5. The summed E-state index contributed by atoms with van der Waals surface area (Å²) < 4.78 is 5.59. The average molecular weight is 481 g/mol. The quantitative estimate of drug-likeness (QED) is 0.652. The van der Waals surface area contributed by atoms with E-state index in [0.29, 0.717) is 18.4 Å². The predicted octanol–water partition coefficient (Wildman–Crippen LogP) is 3.72. The van der Waals surface area contributed by atoms with Gasteiger partial charge in [0.2, 0.25) is 11.7 Å². The molecule has 3 heterocycles. The molecule has 3 amide bonds. The SMILES string of the molecule is Cc1ccc(-c2noc(C(C)N3CCN(CN4C(=O)NC5(CCCCCCC5)C4=O)CC3)n2)cc1. The molecular formula is C26H36N6O3. The molecule has 2 aliphatic heterocycles. The van der Waals surface area contributed by atoms with Gasteiger partial charge >= 0.3 is 6.03 Å². The minimum Gasteiger partial charge on any atom is -0.337 e. The highest BCUT2D eigenvalue weighted by molar-refractivity contribution is 6.07. The Bertz CT molecular complexity index is 1040. The maximum atomic E-state index is 13.3. The lowest BCUT2D eigenvalue weighted by atomic mass is 9.84. The van der Waals surface area contributed by atoms with Crippen LogP contribution in [0.5, 0.6) is 0 Å². The summed E-state index contributed by atoms with van der Waals surface area (Å²) in [6.45, 7) is 7.64. The fraction of sp³-hybridized carbons (Fsp3) is 0.615. The number of hydrogen-bond donors (Lipinski definition) is 1. The Morgan fingerprint density at radius 2 is 1.66 bits per heavy atom. The van der Waals surface area contributed by atoms with E-state index in [1.54, 1.807) is 0 Å². The van der Waals surface area contributed by atoms with Crippen molar-refractivity contribution in [2.24, 2.45) is 0 Å². The van der Waals surface area contributed by atoms with Crippen LogP contribution >= 0.6 is 0 Å². The van der Waals surface area contributed by atoms with Crippen molar-refractivity contribution in [3.63, 3.8) is 0 Å². The number of urea groups is 1. The topological polar surface area (TPSA) is 94.8 Å². The monoisotopic (exact) mass is 480 g/mol. The molecule has 1 aliphatic carbocycles. The molecule has 188 valence electrons. The Kier molecular flexibility index (Phi) is 6.88. The molecule has 1 spiro atoms. The molecule has 3 fully saturated rings. The van der Waals surface area contributed by atoms with Crippen molar-refractivity contribution < 1.29 is 14.1 Å². The van der Waals surface area contributed by atoms with Crippen LogP contribution in [-0.4, -0.2) is 75.2 Å². The third-order valence-corrected chi connectivity index (χ3v) is 7.86. The van der Waals surface area contributed by atoms with Crippen molar-refractivity contribution in [3.8, 4) is 11.4 Å². The molecule has 3 aliphatic rings. The first kappa shape index (κ1) is 23.9. The molecule has 9 heteroatoms. The number of carbonyl (C=O) groups is 2. The predicted molar refractivity (Wildman–Crippen MR) is 131 cm³/mol. The average Bonchev–Trinajstić information content (AvgIpc) is 3.42. The fourth-order valence-corrected chi connectivity index (χ4v) is 5.53. The van der Waals surface area contributed by atoms with E-state index < -0.39 is 5.54 Å². The standard InChI is InChI=1S/C26H36N6O3/c1-19-8-10-21(11-9-19)22-27-23(35-29-22)20(2)31-16-14-30(15-17-31)18-32-24(33)26(28-25(32)34)12-6-4-3-5-7-13-26/h8-11,20H,3-7,12-18H2,1-2H3,(H,28,34). The third-order valence-electron chi connectivity index (χ3n) is 7.86. The zero-order chi connectivity index (χ0) is 24.4. The normalized spacial score (nSPS) is 22.7. The van der Waals surface area contributed by atoms with E-state index in [2.05, 4.69) is 39.1 Å². The van der Waals surface area contributed by atoms with Crippen LogP contribution in [0.3, 0.4) is 0 Å². The van der Waals surface area contributed by atoms with E-state index in [1.807, 2.05) is 24.3 Å². The number of piperazine rings is 1. The van der Waals surface area contributed by atoms with Crippen molar-refractivity contribution >= 4 is 11.9 Å². The van der Waals surface area contributed by atoms with Gasteiger partial charge in [0.15, 0.2) is 0 Å². The summed E-state index contributed by atoms with van der Waals surface area (Å²) in [5.41, 5.74) is 1.45. The highest BCUT2D eigenvalue weighted by Crippen LogP contribution is 2.32. The van der Waals surface area contributed by atoms with Crippen molar-refractivity contribution in [1.29, 1.82) is 0 Å². The van der Waals surface area contributed by atoms with E-state index in [9.17, 15) is 9.59 Å². The second-order valence-corrected chi connectivity index (χ2v) is 10.3. The first-order valence-electron chi connectivity index (χ1n) is 13.0. The highest BCUT2D eigenvalue weighted by Gasteiger charge is 2.50. The second-order valence-electron chi connectivity index (χ2n) is 10.3. The van der Waals surface area contributed by atoms with Gasteiger partial charge < -0.3 is 9.84 Å². The van der Waals surface area contributed by atoms with Gasteiger partial charge in [0.25, 0.3) is 5.91 Å². The Labute approximate surface area is 206 Å². The summed E-state index contributed by atoms with van der Waals surface area (Å²) in [6, 6.07) is 7.85. The Morgan fingerprint density at radius 3 is 2.34 bits per heavy atom. The summed E-state index contributed by atoms with van der Waals surface area (Å²) in [5.74, 6) is 1.18. The van der Waals surface area contributed by atoms with Crippen LogP contribution in [0.1, 0.15) is 69.4 Å². The minimum atomic E-state index is -0.680. The minimum absolute atomic E-state index is 0.00115. The summed E-state index contributed by atoms with van der Waals surface area (Å²) in [6.07, 6.45) is 7.01. The van der Waals surface area contributed by atoms with Crippen LogP contribution in [0, 0.1) is 6.92 Å². The number of aryl methyl sites for hydroxylation is 1. The molecule has 5 rings (SSSR count). The lowest BCUT2D eigenvalue weighted by Crippen LogP contribution is -2.52. The second kappa shape index (κ2) is 10.1. The number of aromatic nitrogens is 2. The van der Waals surface area contributed by atoms with Gasteiger partial charge in [0.1, 0.15) is 5.54 Å². The molecule has 1 atom stereocenters. The molecular weight excluding hydrogens is 444 g/mol. The molecule has 1 aromatic carbocycles. The Morgan fingerprint density at radius 1 is 1.00 bits per heavy atom. The zero-order valence-electron chi connectivity index (χ0n) is 20.8. The van der Waals surface area contributed by atoms with E-state index in [4.69, 9.17) is 4.52 Å².